The number of likely N-dealkylation sites (tertiary alicyclic amines) is 1. The van der Waals surface area contributed by atoms with Gasteiger partial charge >= 0.3 is 0 Å². The standard InChI is InChI=1S/C21H30N4O/c1-24-20-18(16-10-6-7-11-17(16)21(26)22-20)19(23-24)14-12-25(13-14)15-8-4-2-3-5-9-15/h14-15H,2-13H2,1H3,(H,22,26). The van der Waals surface area contributed by atoms with Gasteiger partial charge in [0.05, 0.1) is 5.69 Å². The Bertz CT molecular complexity index is 866. The molecule has 0 radical (unpaired) electrons. The fourth-order valence-corrected chi connectivity index (χ4v) is 5.49. The quantitative estimate of drug-likeness (QED) is 0.842. The first-order valence-electron chi connectivity index (χ1n) is 10.6. The second-order valence-corrected chi connectivity index (χ2v) is 8.65. The Kier molecular flexibility index (Phi) is 4.15. The van der Waals surface area contributed by atoms with E-state index < -0.39 is 0 Å². The van der Waals surface area contributed by atoms with Gasteiger partial charge in [-0.3, -0.25) is 14.4 Å². The zero-order chi connectivity index (χ0) is 17.7. The number of fused-ring (bicyclic) bond motifs is 3. The van der Waals surface area contributed by atoms with E-state index in [2.05, 4.69) is 9.88 Å². The van der Waals surface area contributed by atoms with E-state index in [0.717, 1.165) is 49.6 Å². The summed E-state index contributed by atoms with van der Waals surface area (Å²) in [4.78, 5) is 18.3. The van der Waals surface area contributed by atoms with Crippen molar-refractivity contribution in [2.45, 2.75) is 76.2 Å². The minimum atomic E-state index is 0.107. The normalized spacial score (nSPS) is 23.0. The Morgan fingerprint density at radius 2 is 1.65 bits per heavy atom. The third-order valence-corrected chi connectivity index (χ3v) is 6.99. The van der Waals surface area contributed by atoms with Gasteiger partial charge in [0.2, 0.25) is 0 Å². The molecule has 0 unspecified atom stereocenters. The molecule has 3 heterocycles. The fourth-order valence-electron chi connectivity index (χ4n) is 5.49. The maximum atomic E-state index is 12.5. The topological polar surface area (TPSA) is 53.9 Å². The fraction of sp³-hybridized carbons (Fsp3) is 0.714. The number of nitrogens with zero attached hydrogens (tertiary/aromatic N) is 3. The van der Waals surface area contributed by atoms with Crippen LogP contribution >= 0.6 is 0 Å². The van der Waals surface area contributed by atoms with E-state index in [0.29, 0.717) is 5.92 Å². The van der Waals surface area contributed by atoms with Crippen molar-refractivity contribution in [2.24, 2.45) is 7.05 Å². The Hall–Kier alpha value is -1.62. The van der Waals surface area contributed by atoms with E-state index in [1.54, 1.807) is 0 Å². The molecule has 0 aromatic carbocycles. The molecule has 26 heavy (non-hydrogen) atoms. The lowest BCUT2D eigenvalue weighted by Crippen LogP contribution is -2.50. The zero-order valence-corrected chi connectivity index (χ0v) is 15.9. The van der Waals surface area contributed by atoms with Gasteiger partial charge in [-0.25, -0.2) is 0 Å². The lowest BCUT2D eigenvalue weighted by atomic mass is 9.86. The lowest BCUT2D eigenvalue weighted by Gasteiger charge is -2.44. The van der Waals surface area contributed by atoms with Crippen molar-refractivity contribution in [2.75, 3.05) is 13.1 Å². The lowest BCUT2D eigenvalue weighted by molar-refractivity contribution is 0.0806. The van der Waals surface area contributed by atoms with Crippen molar-refractivity contribution >= 4 is 11.0 Å². The molecule has 1 aliphatic heterocycles. The number of hydrogen-bond donors (Lipinski definition) is 1. The van der Waals surface area contributed by atoms with Crippen molar-refractivity contribution in [1.29, 1.82) is 0 Å². The SMILES string of the molecule is Cn1nc(C2CN(C3CCCCCC3)C2)c2c3c(c(=O)[nH]c21)CCCC3. The second kappa shape index (κ2) is 6.52. The van der Waals surface area contributed by atoms with Crippen LogP contribution in [0.4, 0.5) is 0 Å². The highest BCUT2D eigenvalue weighted by Crippen LogP contribution is 2.37. The Morgan fingerprint density at radius 3 is 2.38 bits per heavy atom. The van der Waals surface area contributed by atoms with Gasteiger partial charge in [0, 0.05) is 43.0 Å². The van der Waals surface area contributed by atoms with Crippen molar-refractivity contribution < 1.29 is 0 Å². The molecule has 2 aliphatic carbocycles. The van der Waals surface area contributed by atoms with Crippen LogP contribution in [0.25, 0.3) is 11.0 Å². The maximum absolute atomic E-state index is 12.5. The summed E-state index contributed by atoms with van der Waals surface area (Å²) >= 11 is 0. The van der Waals surface area contributed by atoms with Crippen LogP contribution < -0.4 is 5.56 Å². The Labute approximate surface area is 154 Å². The third-order valence-electron chi connectivity index (χ3n) is 6.99. The average molecular weight is 354 g/mol. The average Bonchev–Trinajstić information content (AvgIpc) is 2.78. The van der Waals surface area contributed by atoms with Gasteiger partial charge in [0.25, 0.3) is 5.56 Å². The Balaban J connectivity index is 1.46. The van der Waals surface area contributed by atoms with Gasteiger partial charge in [-0.2, -0.15) is 5.10 Å². The predicted molar refractivity (Wildman–Crippen MR) is 104 cm³/mol. The first-order chi connectivity index (χ1) is 12.7. The summed E-state index contributed by atoms with van der Waals surface area (Å²) in [6.07, 6.45) is 12.7. The first kappa shape index (κ1) is 16.5. The molecule has 0 bridgehead atoms. The van der Waals surface area contributed by atoms with Gasteiger partial charge in [0.15, 0.2) is 0 Å². The van der Waals surface area contributed by atoms with Crippen molar-refractivity contribution in [3.63, 3.8) is 0 Å². The third kappa shape index (κ3) is 2.63. The molecule has 1 saturated carbocycles. The monoisotopic (exact) mass is 354 g/mol. The highest BCUT2D eigenvalue weighted by Gasteiger charge is 2.37. The van der Waals surface area contributed by atoms with Crippen molar-refractivity contribution in [1.82, 2.24) is 19.7 Å². The van der Waals surface area contributed by atoms with Crippen LogP contribution in [0.2, 0.25) is 0 Å². The molecule has 3 aliphatic rings. The predicted octanol–water partition coefficient (Wildman–Crippen LogP) is 3.26. The molecule has 5 rings (SSSR count). The highest BCUT2D eigenvalue weighted by molar-refractivity contribution is 5.84. The van der Waals surface area contributed by atoms with Gasteiger partial charge in [-0.1, -0.05) is 25.7 Å². The zero-order valence-electron chi connectivity index (χ0n) is 15.9. The number of pyridine rings is 1. The number of aromatic nitrogens is 3. The van der Waals surface area contributed by atoms with Crippen LogP contribution in [0.3, 0.4) is 0 Å². The molecule has 0 amide bonds. The molecule has 2 aromatic heterocycles. The molecule has 5 heteroatoms. The summed E-state index contributed by atoms with van der Waals surface area (Å²) in [6, 6.07) is 0.789. The number of aromatic amines is 1. The van der Waals surface area contributed by atoms with Gasteiger partial charge in [-0.15, -0.1) is 0 Å². The van der Waals surface area contributed by atoms with Crippen molar-refractivity contribution in [3.8, 4) is 0 Å². The number of H-pyrrole nitrogens is 1. The molecular weight excluding hydrogens is 324 g/mol. The number of rotatable bonds is 2. The summed E-state index contributed by atoms with van der Waals surface area (Å²) < 4.78 is 1.90. The van der Waals surface area contributed by atoms with Crippen molar-refractivity contribution in [3.05, 3.63) is 27.2 Å². The molecule has 0 atom stereocenters. The first-order valence-corrected chi connectivity index (χ1v) is 10.6. The smallest absolute Gasteiger partial charge is 0.253 e. The molecule has 5 nitrogen and oxygen atoms in total. The van der Waals surface area contributed by atoms with E-state index >= 15 is 0 Å². The Morgan fingerprint density at radius 1 is 0.962 bits per heavy atom. The van der Waals surface area contributed by atoms with Gasteiger partial charge in [-0.05, 0) is 44.1 Å². The van der Waals surface area contributed by atoms with E-state index in [-0.39, 0.29) is 5.56 Å². The molecule has 1 N–H and O–H groups in total. The summed E-state index contributed by atoms with van der Waals surface area (Å²) in [7, 11) is 1.97. The largest absolute Gasteiger partial charge is 0.307 e. The van der Waals surface area contributed by atoms with Crippen LogP contribution in [0.5, 0.6) is 0 Å². The van der Waals surface area contributed by atoms with E-state index in [1.807, 2.05) is 11.7 Å². The van der Waals surface area contributed by atoms with Gasteiger partial charge < -0.3 is 4.98 Å². The molecule has 2 fully saturated rings. The second-order valence-electron chi connectivity index (χ2n) is 8.65. The minimum absolute atomic E-state index is 0.107. The molecular formula is C21H30N4O. The maximum Gasteiger partial charge on any atom is 0.253 e. The number of hydrogen-bond acceptors (Lipinski definition) is 3. The van der Waals surface area contributed by atoms with E-state index in [1.165, 1.54) is 61.6 Å². The summed E-state index contributed by atoms with van der Waals surface area (Å²) in [6.45, 7) is 2.29. The summed E-state index contributed by atoms with van der Waals surface area (Å²) in [5.41, 5.74) is 4.60. The van der Waals surface area contributed by atoms with E-state index in [4.69, 9.17) is 5.10 Å². The minimum Gasteiger partial charge on any atom is -0.307 e. The molecule has 0 spiro atoms. The highest BCUT2D eigenvalue weighted by atomic mass is 16.1. The van der Waals surface area contributed by atoms with Crippen LogP contribution in [-0.4, -0.2) is 38.8 Å². The number of aryl methyl sites for hydroxylation is 2. The summed E-state index contributed by atoms with van der Waals surface area (Å²) in [5.74, 6) is 0.527. The summed E-state index contributed by atoms with van der Waals surface area (Å²) in [5, 5.41) is 6.15. The van der Waals surface area contributed by atoms with Gasteiger partial charge in [0.1, 0.15) is 5.65 Å². The molecule has 2 aromatic rings. The molecule has 1 saturated heterocycles. The van der Waals surface area contributed by atoms with Crippen LogP contribution in [-0.2, 0) is 19.9 Å². The number of nitrogens with one attached hydrogen (secondary N) is 1. The van der Waals surface area contributed by atoms with Crippen LogP contribution in [0.15, 0.2) is 4.79 Å². The van der Waals surface area contributed by atoms with E-state index in [9.17, 15) is 4.79 Å². The van der Waals surface area contributed by atoms with Crippen LogP contribution in [0, 0.1) is 0 Å². The molecule has 140 valence electrons. The van der Waals surface area contributed by atoms with Crippen LogP contribution in [0.1, 0.15) is 74.1 Å².